The van der Waals surface area contributed by atoms with Crippen LogP contribution in [-0.2, 0) is 16.1 Å². The summed E-state index contributed by atoms with van der Waals surface area (Å²) in [6.07, 6.45) is -0.189. The molecule has 130 valence electrons. The lowest BCUT2D eigenvalue weighted by atomic mass is 10.1. The van der Waals surface area contributed by atoms with Gasteiger partial charge in [0, 0.05) is 0 Å². The second-order valence-corrected chi connectivity index (χ2v) is 6.69. The molecule has 2 aromatic rings. The Kier molecular flexibility index (Phi) is 5.03. The van der Waals surface area contributed by atoms with E-state index in [0.29, 0.717) is 28.3 Å². The Balaban J connectivity index is 1.86. The number of fused-ring (bicyclic) bond motifs is 1. The quantitative estimate of drug-likeness (QED) is 0.577. The van der Waals surface area contributed by atoms with E-state index < -0.39 is 0 Å². The van der Waals surface area contributed by atoms with E-state index in [9.17, 15) is 9.59 Å². The monoisotopic (exact) mass is 404 g/mol. The smallest absolute Gasteiger partial charge is 0.338 e. The van der Waals surface area contributed by atoms with E-state index in [1.165, 1.54) is 0 Å². The fraction of sp³-hybridized carbons (Fsp3) is 0.278. The molecule has 0 radical (unpaired) electrons. The molecular formula is C18H17BrN2O4. The van der Waals surface area contributed by atoms with Crippen molar-refractivity contribution in [1.29, 1.82) is 0 Å². The third-order valence-electron chi connectivity index (χ3n) is 3.56. The molecular weight excluding hydrogens is 388 g/mol. The Bertz CT molecular complexity index is 822. The SMILES string of the molecule is CC(C)OC(=O)c1cccc(CN2C(=O)COc3ccc(Br)nc32)c1. The fourth-order valence-electron chi connectivity index (χ4n) is 2.48. The van der Waals surface area contributed by atoms with Crippen LogP contribution in [0, 0.1) is 0 Å². The summed E-state index contributed by atoms with van der Waals surface area (Å²) in [5, 5.41) is 0. The Labute approximate surface area is 153 Å². The number of hydrogen-bond acceptors (Lipinski definition) is 5. The Hall–Kier alpha value is -2.41. The highest BCUT2D eigenvalue weighted by Crippen LogP contribution is 2.32. The van der Waals surface area contributed by atoms with Gasteiger partial charge in [0.25, 0.3) is 5.91 Å². The molecule has 0 saturated heterocycles. The molecule has 1 aliphatic heterocycles. The van der Waals surface area contributed by atoms with E-state index in [0.717, 1.165) is 5.56 Å². The summed E-state index contributed by atoms with van der Waals surface area (Å²) in [7, 11) is 0. The van der Waals surface area contributed by atoms with Gasteiger partial charge in [-0.1, -0.05) is 12.1 Å². The molecule has 6 nitrogen and oxygen atoms in total. The van der Waals surface area contributed by atoms with Gasteiger partial charge in [0.2, 0.25) is 0 Å². The second-order valence-electron chi connectivity index (χ2n) is 5.88. The molecule has 0 atom stereocenters. The van der Waals surface area contributed by atoms with Gasteiger partial charge in [-0.3, -0.25) is 9.69 Å². The second kappa shape index (κ2) is 7.23. The van der Waals surface area contributed by atoms with Crippen LogP contribution >= 0.6 is 15.9 Å². The minimum absolute atomic E-state index is 0.0363. The van der Waals surface area contributed by atoms with Crippen LogP contribution in [0.15, 0.2) is 41.0 Å². The summed E-state index contributed by atoms with van der Waals surface area (Å²) in [5.74, 6) is 0.443. The topological polar surface area (TPSA) is 68.7 Å². The van der Waals surface area contributed by atoms with Crippen LogP contribution in [0.5, 0.6) is 5.75 Å². The summed E-state index contributed by atoms with van der Waals surface area (Å²) in [4.78, 5) is 30.3. The van der Waals surface area contributed by atoms with Crippen molar-refractivity contribution in [3.05, 3.63) is 52.1 Å². The molecule has 1 aromatic carbocycles. The number of nitrogens with zero attached hydrogens (tertiary/aromatic N) is 2. The van der Waals surface area contributed by atoms with Crippen molar-refractivity contribution >= 4 is 33.6 Å². The molecule has 1 aromatic heterocycles. The number of ether oxygens (including phenoxy) is 2. The highest BCUT2D eigenvalue weighted by molar-refractivity contribution is 9.10. The summed E-state index contributed by atoms with van der Waals surface area (Å²) in [6.45, 7) is 3.86. The molecule has 0 unspecified atom stereocenters. The first-order chi connectivity index (χ1) is 11.9. The number of amides is 1. The summed E-state index contributed by atoms with van der Waals surface area (Å²) in [5.41, 5.74) is 1.26. The van der Waals surface area contributed by atoms with Gasteiger partial charge in [-0.05, 0) is 59.6 Å². The molecule has 0 N–H and O–H groups in total. The number of carbonyl (C=O) groups is 2. The van der Waals surface area contributed by atoms with Gasteiger partial charge < -0.3 is 9.47 Å². The first-order valence-electron chi connectivity index (χ1n) is 7.83. The van der Waals surface area contributed by atoms with Gasteiger partial charge in [-0.2, -0.15) is 0 Å². The molecule has 25 heavy (non-hydrogen) atoms. The van der Waals surface area contributed by atoms with Crippen molar-refractivity contribution in [2.45, 2.75) is 26.5 Å². The van der Waals surface area contributed by atoms with Crippen LogP contribution in [-0.4, -0.2) is 29.6 Å². The minimum atomic E-state index is -0.383. The maximum atomic E-state index is 12.3. The zero-order valence-corrected chi connectivity index (χ0v) is 15.4. The van der Waals surface area contributed by atoms with Crippen molar-refractivity contribution < 1.29 is 19.1 Å². The van der Waals surface area contributed by atoms with Crippen LogP contribution in [0.25, 0.3) is 0 Å². The van der Waals surface area contributed by atoms with Crippen molar-refractivity contribution in [2.75, 3.05) is 11.5 Å². The Morgan fingerprint density at radius 2 is 2.16 bits per heavy atom. The zero-order valence-electron chi connectivity index (χ0n) is 13.9. The summed E-state index contributed by atoms with van der Waals surface area (Å²) in [6, 6.07) is 10.6. The summed E-state index contributed by atoms with van der Waals surface area (Å²) < 4.78 is 11.2. The lowest BCUT2D eigenvalue weighted by molar-refractivity contribution is -0.121. The number of halogens is 1. The van der Waals surface area contributed by atoms with E-state index in [1.54, 1.807) is 49.1 Å². The van der Waals surface area contributed by atoms with E-state index in [4.69, 9.17) is 9.47 Å². The van der Waals surface area contributed by atoms with E-state index >= 15 is 0 Å². The molecule has 0 fully saturated rings. The zero-order chi connectivity index (χ0) is 18.0. The third kappa shape index (κ3) is 3.99. The average Bonchev–Trinajstić information content (AvgIpc) is 2.57. The maximum Gasteiger partial charge on any atom is 0.338 e. The number of rotatable bonds is 4. The minimum Gasteiger partial charge on any atom is -0.480 e. The molecule has 0 aliphatic carbocycles. The van der Waals surface area contributed by atoms with Crippen LogP contribution in [0.1, 0.15) is 29.8 Å². The number of carbonyl (C=O) groups excluding carboxylic acids is 2. The fourth-order valence-corrected chi connectivity index (χ4v) is 2.78. The first kappa shape index (κ1) is 17.4. The van der Waals surface area contributed by atoms with E-state index in [-0.39, 0.29) is 24.6 Å². The lowest BCUT2D eigenvalue weighted by Gasteiger charge is -2.28. The van der Waals surface area contributed by atoms with Crippen molar-refractivity contribution in [3.63, 3.8) is 0 Å². The first-order valence-corrected chi connectivity index (χ1v) is 8.63. The van der Waals surface area contributed by atoms with Crippen LogP contribution in [0.2, 0.25) is 0 Å². The van der Waals surface area contributed by atoms with Gasteiger partial charge in [0.15, 0.2) is 18.2 Å². The molecule has 1 aliphatic rings. The van der Waals surface area contributed by atoms with Gasteiger partial charge in [-0.25, -0.2) is 9.78 Å². The predicted molar refractivity (Wildman–Crippen MR) is 95.6 cm³/mol. The Morgan fingerprint density at radius 3 is 2.92 bits per heavy atom. The van der Waals surface area contributed by atoms with E-state index in [1.807, 2.05) is 6.07 Å². The molecule has 0 spiro atoms. The van der Waals surface area contributed by atoms with Crippen molar-refractivity contribution in [2.24, 2.45) is 0 Å². The molecule has 0 bridgehead atoms. The van der Waals surface area contributed by atoms with Crippen molar-refractivity contribution in [3.8, 4) is 5.75 Å². The van der Waals surface area contributed by atoms with Gasteiger partial charge in [-0.15, -0.1) is 0 Å². The van der Waals surface area contributed by atoms with Gasteiger partial charge in [0.1, 0.15) is 4.60 Å². The van der Waals surface area contributed by atoms with E-state index in [2.05, 4.69) is 20.9 Å². The number of benzene rings is 1. The highest BCUT2D eigenvalue weighted by Gasteiger charge is 2.27. The summed E-state index contributed by atoms with van der Waals surface area (Å²) >= 11 is 3.31. The number of pyridine rings is 1. The third-order valence-corrected chi connectivity index (χ3v) is 4.00. The Morgan fingerprint density at radius 1 is 1.36 bits per heavy atom. The predicted octanol–water partition coefficient (Wildman–Crippen LogP) is 3.33. The standard InChI is InChI=1S/C18H17BrN2O4/c1-11(2)25-18(23)13-5-3-4-12(8-13)9-21-16(22)10-24-14-6-7-15(19)20-17(14)21/h3-8,11H,9-10H2,1-2H3. The molecule has 0 saturated carbocycles. The molecule has 2 heterocycles. The number of hydrogen-bond donors (Lipinski definition) is 0. The van der Waals surface area contributed by atoms with Gasteiger partial charge in [0.05, 0.1) is 18.2 Å². The highest BCUT2D eigenvalue weighted by atomic mass is 79.9. The number of anilines is 1. The maximum absolute atomic E-state index is 12.3. The number of esters is 1. The normalized spacial score (nSPS) is 13.4. The van der Waals surface area contributed by atoms with Gasteiger partial charge >= 0.3 is 5.97 Å². The lowest BCUT2D eigenvalue weighted by Crippen LogP contribution is -2.39. The largest absolute Gasteiger partial charge is 0.480 e. The van der Waals surface area contributed by atoms with Crippen LogP contribution < -0.4 is 9.64 Å². The van der Waals surface area contributed by atoms with Crippen LogP contribution in [0.3, 0.4) is 0 Å². The average molecular weight is 405 g/mol. The molecule has 1 amide bonds. The van der Waals surface area contributed by atoms with Crippen molar-refractivity contribution in [1.82, 2.24) is 4.98 Å². The molecule has 3 rings (SSSR count). The van der Waals surface area contributed by atoms with Crippen LogP contribution in [0.4, 0.5) is 5.82 Å². The molecule has 7 heteroatoms. The number of aromatic nitrogens is 1.